The lowest BCUT2D eigenvalue weighted by molar-refractivity contribution is -0.121. The lowest BCUT2D eigenvalue weighted by atomic mass is 9.93. The molecule has 0 bridgehead atoms. The van der Waals surface area contributed by atoms with E-state index in [4.69, 9.17) is 17.3 Å². The first-order chi connectivity index (χ1) is 17.5. The fourth-order valence-corrected chi connectivity index (χ4v) is 4.56. The number of nitrogen functional groups attached to an aromatic ring is 1. The average molecular weight is 579 g/mol. The van der Waals surface area contributed by atoms with Crippen LogP contribution in [0, 0.1) is 0 Å². The van der Waals surface area contributed by atoms with Crippen molar-refractivity contribution in [1.82, 2.24) is 20.2 Å². The molecule has 1 amide bonds. The molecule has 12 heteroatoms. The molecule has 1 fully saturated rings. The highest BCUT2D eigenvalue weighted by molar-refractivity contribution is 6.32. The van der Waals surface area contributed by atoms with Gasteiger partial charge < -0.3 is 21.7 Å². The second-order valence-corrected chi connectivity index (χ2v) is 9.38. The van der Waals surface area contributed by atoms with Crippen LogP contribution in [0.5, 0.6) is 0 Å². The molecular weight excluding hydrogens is 549 g/mol. The van der Waals surface area contributed by atoms with Crippen molar-refractivity contribution < 1.29 is 4.79 Å². The van der Waals surface area contributed by atoms with E-state index in [1.165, 1.54) is 4.57 Å². The molecule has 5 rings (SSSR count). The highest BCUT2D eigenvalue weighted by atomic mass is 35.5. The van der Waals surface area contributed by atoms with Gasteiger partial charge in [-0.15, -0.1) is 24.8 Å². The fraction of sp³-hybridized carbons (Fsp3) is 0.308. The number of nitrogens with zero attached hydrogens (tertiary/aromatic N) is 3. The Kier molecular flexibility index (Phi) is 10.0. The number of carbonyl (C=O) groups excluding carboxylic acids is 1. The van der Waals surface area contributed by atoms with Crippen molar-refractivity contribution in [2.24, 2.45) is 4.99 Å². The normalized spacial score (nSPS) is 14.3. The van der Waals surface area contributed by atoms with Gasteiger partial charge in [0.25, 0.3) is 5.56 Å². The highest BCUT2D eigenvalue weighted by Crippen LogP contribution is 2.29. The lowest BCUT2D eigenvalue weighted by Gasteiger charge is -2.27. The van der Waals surface area contributed by atoms with E-state index in [2.05, 4.69) is 25.9 Å². The van der Waals surface area contributed by atoms with Crippen LogP contribution in [-0.4, -0.2) is 40.4 Å². The zero-order valence-corrected chi connectivity index (χ0v) is 23.0. The molecule has 2 heterocycles. The number of benzene rings is 2. The molecule has 202 valence electrons. The van der Waals surface area contributed by atoms with Crippen LogP contribution in [-0.2, 0) is 17.9 Å². The van der Waals surface area contributed by atoms with Crippen LogP contribution in [0.15, 0.2) is 58.3 Å². The maximum Gasteiger partial charge on any atom is 0.294 e. The summed E-state index contributed by atoms with van der Waals surface area (Å²) in [5.74, 6) is 0.731. The summed E-state index contributed by atoms with van der Waals surface area (Å²) in [6.07, 6.45) is 3.05. The van der Waals surface area contributed by atoms with Crippen LogP contribution in [0.1, 0.15) is 30.4 Å². The van der Waals surface area contributed by atoms with Crippen molar-refractivity contribution in [2.45, 2.75) is 38.4 Å². The van der Waals surface area contributed by atoms with Gasteiger partial charge in [-0.05, 0) is 37.0 Å². The van der Waals surface area contributed by atoms with Crippen LogP contribution in [0.2, 0.25) is 5.15 Å². The number of nitrogens with one attached hydrogen (secondary N) is 3. The standard InChI is InChI=1S/C26H28ClN7O2.2ClH/c27-23-22(18-3-1-4-19(28)13-18)34(26(36)25(33-23)32-20-5-2-6-20)15-21(35)31-14-16-7-9-17(10-8-16)24-29-11-12-30-24;;/h1,3-4,7-10,13,20H,2,5-6,11-12,14-15,28H2,(H,29,30)(H,31,35)(H,32,33);2*1H. The lowest BCUT2D eigenvalue weighted by Crippen LogP contribution is -2.37. The van der Waals surface area contributed by atoms with Crippen molar-refractivity contribution in [3.05, 3.63) is 75.2 Å². The first-order valence-electron chi connectivity index (χ1n) is 12.0. The predicted molar refractivity (Wildman–Crippen MR) is 157 cm³/mol. The van der Waals surface area contributed by atoms with E-state index in [0.29, 0.717) is 23.5 Å². The van der Waals surface area contributed by atoms with Gasteiger partial charge in [-0.25, -0.2) is 4.98 Å². The summed E-state index contributed by atoms with van der Waals surface area (Å²) < 4.78 is 1.37. The molecule has 1 saturated carbocycles. The third kappa shape index (κ3) is 6.59. The minimum atomic E-state index is -0.395. The van der Waals surface area contributed by atoms with Crippen molar-refractivity contribution in [2.75, 3.05) is 24.1 Å². The number of amidine groups is 1. The monoisotopic (exact) mass is 577 g/mol. The number of nitrogens with two attached hydrogens (primary N) is 1. The van der Waals surface area contributed by atoms with Gasteiger partial charge in [-0.3, -0.25) is 19.1 Å². The molecule has 5 N–H and O–H groups in total. The molecule has 2 aliphatic rings. The topological polar surface area (TPSA) is 126 Å². The van der Waals surface area contributed by atoms with Crippen molar-refractivity contribution >= 4 is 59.7 Å². The van der Waals surface area contributed by atoms with Gasteiger partial charge in [-0.1, -0.05) is 48.0 Å². The first-order valence-corrected chi connectivity index (χ1v) is 12.4. The second-order valence-electron chi connectivity index (χ2n) is 9.02. The highest BCUT2D eigenvalue weighted by Gasteiger charge is 2.23. The third-order valence-electron chi connectivity index (χ3n) is 6.42. The summed E-state index contributed by atoms with van der Waals surface area (Å²) >= 11 is 6.56. The van der Waals surface area contributed by atoms with Gasteiger partial charge in [0.05, 0.1) is 12.2 Å². The largest absolute Gasteiger partial charge is 0.399 e. The van der Waals surface area contributed by atoms with E-state index >= 15 is 0 Å². The zero-order valence-electron chi connectivity index (χ0n) is 20.6. The van der Waals surface area contributed by atoms with Crippen LogP contribution < -0.4 is 27.2 Å². The SMILES string of the molecule is Cl.Cl.Nc1cccc(-c2c(Cl)nc(NC3CCC3)c(=O)n2CC(=O)NCc2ccc(C3=NCCN3)cc2)c1. The van der Waals surface area contributed by atoms with Crippen molar-refractivity contribution in [3.8, 4) is 11.3 Å². The molecule has 0 unspecified atom stereocenters. The molecule has 38 heavy (non-hydrogen) atoms. The molecule has 1 aliphatic carbocycles. The number of hydrogen-bond acceptors (Lipinski definition) is 7. The van der Waals surface area contributed by atoms with E-state index in [1.807, 2.05) is 24.3 Å². The number of halogens is 3. The van der Waals surface area contributed by atoms with E-state index < -0.39 is 5.56 Å². The Hall–Kier alpha value is -3.27. The minimum absolute atomic E-state index is 0. The Morgan fingerprint density at radius 1 is 1.13 bits per heavy atom. The van der Waals surface area contributed by atoms with E-state index in [-0.39, 0.29) is 54.3 Å². The molecule has 1 aliphatic heterocycles. The van der Waals surface area contributed by atoms with Crippen LogP contribution in [0.25, 0.3) is 11.3 Å². The van der Waals surface area contributed by atoms with Gasteiger partial charge in [0, 0.05) is 35.9 Å². The molecule has 0 spiro atoms. The Bertz CT molecular complexity index is 1370. The average Bonchev–Trinajstić information content (AvgIpc) is 3.38. The Morgan fingerprint density at radius 2 is 1.89 bits per heavy atom. The number of hydrogen-bond donors (Lipinski definition) is 4. The molecule has 1 aromatic heterocycles. The number of anilines is 2. The smallest absolute Gasteiger partial charge is 0.294 e. The first kappa shape index (κ1) is 29.3. The van der Waals surface area contributed by atoms with Gasteiger partial charge >= 0.3 is 0 Å². The maximum absolute atomic E-state index is 13.4. The zero-order chi connectivity index (χ0) is 25.1. The van der Waals surface area contributed by atoms with Gasteiger partial charge in [0.1, 0.15) is 12.4 Å². The Labute approximate surface area is 238 Å². The van der Waals surface area contributed by atoms with Crippen LogP contribution in [0.3, 0.4) is 0 Å². The van der Waals surface area contributed by atoms with E-state index in [0.717, 1.165) is 49.3 Å². The van der Waals surface area contributed by atoms with Gasteiger partial charge in [0.2, 0.25) is 5.91 Å². The number of carbonyl (C=O) groups is 1. The molecule has 0 saturated heterocycles. The third-order valence-corrected chi connectivity index (χ3v) is 6.69. The fourth-order valence-electron chi connectivity index (χ4n) is 4.26. The van der Waals surface area contributed by atoms with Crippen LogP contribution in [0.4, 0.5) is 11.5 Å². The second kappa shape index (κ2) is 13.0. The Morgan fingerprint density at radius 3 is 2.53 bits per heavy atom. The Balaban J connectivity index is 0.00000200. The van der Waals surface area contributed by atoms with Crippen molar-refractivity contribution in [3.63, 3.8) is 0 Å². The summed E-state index contributed by atoms with van der Waals surface area (Å²) in [5, 5.41) is 9.46. The molecule has 3 aromatic rings. The maximum atomic E-state index is 13.4. The molecule has 2 aromatic carbocycles. The molecular formula is C26H30Cl3N7O2. The molecule has 0 atom stereocenters. The molecule has 0 radical (unpaired) electrons. The number of aromatic nitrogens is 2. The van der Waals surface area contributed by atoms with E-state index in [9.17, 15) is 9.59 Å². The van der Waals surface area contributed by atoms with Gasteiger partial charge in [0.15, 0.2) is 11.0 Å². The summed E-state index contributed by atoms with van der Waals surface area (Å²) in [5.41, 5.74) is 9.02. The number of aliphatic imine (C=N–C) groups is 1. The quantitative estimate of drug-likeness (QED) is 0.303. The van der Waals surface area contributed by atoms with E-state index in [1.54, 1.807) is 24.3 Å². The summed E-state index contributed by atoms with van der Waals surface area (Å²) in [6.45, 7) is 1.75. The number of amides is 1. The summed E-state index contributed by atoms with van der Waals surface area (Å²) in [4.78, 5) is 35.1. The van der Waals surface area contributed by atoms with Gasteiger partial charge in [-0.2, -0.15) is 0 Å². The predicted octanol–water partition coefficient (Wildman–Crippen LogP) is 3.62. The summed E-state index contributed by atoms with van der Waals surface area (Å²) in [7, 11) is 0. The minimum Gasteiger partial charge on any atom is -0.399 e. The molecule has 9 nitrogen and oxygen atoms in total. The van der Waals surface area contributed by atoms with Crippen LogP contribution >= 0.6 is 36.4 Å². The number of rotatable bonds is 8. The van der Waals surface area contributed by atoms with Crippen molar-refractivity contribution in [1.29, 1.82) is 0 Å². The summed E-state index contributed by atoms with van der Waals surface area (Å²) in [6, 6.07) is 15.1.